The number of anilines is 2. The Morgan fingerprint density at radius 2 is 1.74 bits per heavy atom. The molecule has 1 aromatic carbocycles. The smallest absolute Gasteiger partial charge is 0.255 e. The van der Waals surface area contributed by atoms with E-state index in [1.807, 2.05) is 0 Å². The van der Waals surface area contributed by atoms with Gasteiger partial charge in [0.05, 0.1) is 22.3 Å². The number of primary amides is 1. The second-order valence-corrected chi connectivity index (χ2v) is 10.7. The molecule has 1 aromatic rings. The Morgan fingerprint density at radius 3 is 2.24 bits per heavy atom. The first-order chi connectivity index (χ1) is 17.6. The van der Waals surface area contributed by atoms with Crippen LogP contribution >= 0.6 is 11.6 Å². The molecule has 0 fully saturated rings. The molecule has 4 rings (SSSR count). The summed E-state index contributed by atoms with van der Waals surface area (Å²) < 4.78 is 0. The number of ketones is 2. The van der Waals surface area contributed by atoms with Gasteiger partial charge >= 0.3 is 0 Å². The van der Waals surface area contributed by atoms with Crippen molar-refractivity contribution in [2.75, 3.05) is 38.4 Å². The van der Waals surface area contributed by atoms with Crippen LogP contribution in [0.2, 0.25) is 5.02 Å². The monoisotopic (exact) mass is 548 g/mol. The van der Waals surface area contributed by atoms with Crippen molar-refractivity contribution >= 4 is 46.4 Å². The Balaban J connectivity index is 2.02. The largest absolute Gasteiger partial charge is 0.510 e. The van der Waals surface area contributed by atoms with Gasteiger partial charge in [-0.05, 0) is 38.4 Å². The second-order valence-electron chi connectivity index (χ2n) is 10.3. The number of rotatable bonds is 4. The molecule has 3 aliphatic rings. The fourth-order valence-corrected chi connectivity index (χ4v) is 6.51. The van der Waals surface area contributed by atoms with Crippen LogP contribution in [0.4, 0.5) is 11.4 Å². The summed E-state index contributed by atoms with van der Waals surface area (Å²) in [6.45, 7) is 1.20. The maximum Gasteiger partial charge on any atom is 0.255 e. The van der Waals surface area contributed by atoms with E-state index in [1.165, 1.54) is 11.8 Å². The molecule has 13 heteroatoms. The number of nitrogens with two attached hydrogens (primary N) is 1. The fraction of sp³-hybridized carbons (Fsp3) is 0.440. The number of amides is 2. The van der Waals surface area contributed by atoms with Crippen LogP contribution in [0.5, 0.6) is 5.75 Å². The average Bonchev–Trinajstić information content (AvgIpc) is 2.78. The topological polar surface area (TPSA) is 194 Å². The normalized spacial score (nSPS) is 26.7. The van der Waals surface area contributed by atoms with E-state index >= 15 is 0 Å². The van der Waals surface area contributed by atoms with Gasteiger partial charge in [-0.3, -0.25) is 24.1 Å². The molecule has 7 N–H and O–H groups in total. The lowest BCUT2D eigenvalue weighted by Gasteiger charge is -2.50. The first kappa shape index (κ1) is 27.4. The Hall–Kier alpha value is -3.61. The van der Waals surface area contributed by atoms with Gasteiger partial charge in [0, 0.05) is 32.5 Å². The molecule has 12 nitrogen and oxygen atoms in total. The molecule has 3 aliphatic carbocycles. The summed E-state index contributed by atoms with van der Waals surface area (Å²) in [6.07, 6.45) is 0.0140. The number of aromatic hydroxyl groups is 1. The van der Waals surface area contributed by atoms with Crippen molar-refractivity contribution < 1.29 is 39.6 Å². The molecule has 4 atom stereocenters. The van der Waals surface area contributed by atoms with Crippen LogP contribution in [-0.2, 0) is 20.8 Å². The number of phenols is 1. The highest BCUT2D eigenvalue weighted by atomic mass is 35.5. The number of carbonyl (C=O) groups excluding carboxylic acids is 4. The standard InChI is InChI=1S/C25H29ClN4O8/c1-8(31)28-16-15(26)17(29(2)3)10-6-9-7-11-18(30(4)5)21(34)14(24(27)37)23(36)25(11,38)22(35)12(9)19(32)13(10)20(16)33/h9,11,18,33-35,38H,6-7H2,1-5H3,(H2,27,37)(H,28,31)/t9-,11-,18-,25-/m0/s1. The number of allylic oxidation sites excluding steroid dienone is 1. The molecule has 0 saturated heterocycles. The Morgan fingerprint density at radius 1 is 1.13 bits per heavy atom. The molecule has 38 heavy (non-hydrogen) atoms. The molecular formula is C25H29ClN4O8. The molecule has 0 aromatic heterocycles. The van der Waals surface area contributed by atoms with Gasteiger partial charge in [-0.1, -0.05) is 11.6 Å². The maximum atomic E-state index is 13.9. The minimum atomic E-state index is -2.74. The molecule has 0 aliphatic heterocycles. The van der Waals surface area contributed by atoms with E-state index in [0.29, 0.717) is 11.3 Å². The van der Waals surface area contributed by atoms with Crippen molar-refractivity contribution in [1.29, 1.82) is 0 Å². The minimum Gasteiger partial charge on any atom is -0.510 e. The summed E-state index contributed by atoms with van der Waals surface area (Å²) in [7, 11) is 6.44. The van der Waals surface area contributed by atoms with E-state index in [0.717, 1.165) is 0 Å². The van der Waals surface area contributed by atoms with E-state index < -0.39 is 69.7 Å². The number of hydrogen-bond donors (Lipinski definition) is 6. The third kappa shape index (κ3) is 3.58. The van der Waals surface area contributed by atoms with Gasteiger partial charge in [0.1, 0.15) is 22.8 Å². The summed E-state index contributed by atoms with van der Waals surface area (Å²) >= 11 is 6.56. The number of fused-ring (bicyclic) bond motifs is 3. The zero-order chi connectivity index (χ0) is 28.6. The number of hydrogen-bond acceptors (Lipinski definition) is 10. The molecule has 0 bridgehead atoms. The summed E-state index contributed by atoms with van der Waals surface area (Å²) in [5, 5.41) is 47.4. The molecular weight excluding hydrogens is 520 g/mol. The first-order valence-corrected chi connectivity index (χ1v) is 12.1. The average molecular weight is 549 g/mol. The zero-order valence-corrected chi connectivity index (χ0v) is 22.2. The molecule has 0 heterocycles. The predicted octanol–water partition coefficient (Wildman–Crippen LogP) is 0.798. The van der Waals surface area contributed by atoms with Crippen LogP contribution in [-0.4, -0.2) is 88.5 Å². The summed E-state index contributed by atoms with van der Waals surface area (Å²) in [5.74, 6) is -8.18. The summed E-state index contributed by atoms with van der Waals surface area (Å²) in [6, 6.07) is -1.09. The number of phenolic OH excluding ortho intramolecular Hbond substituents is 1. The number of Topliss-reactive ketones (excluding diaryl/α,β-unsaturated/α-hetero) is 2. The van der Waals surface area contributed by atoms with Gasteiger partial charge in [-0.2, -0.15) is 0 Å². The number of nitrogens with zero attached hydrogens (tertiary/aromatic N) is 2. The van der Waals surface area contributed by atoms with Crippen molar-refractivity contribution in [1.82, 2.24) is 4.90 Å². The van der Waals surface area contributed by atoms with Gasteiger partial charge in [-0.25, -0.2) is 0 Å². The number of aliphatic hydroxyl groups is 3. The van der Waals surface area contributed by atoms with E-state index in [2.05, 4.69) is 5.32 Å². The molecule has 0 radical (unpaired) electrons. The first-order valence-electron chi connectivity index (χ1n) is 11.7. The molecule has 0 unspecified atom stereocenters. The maximum absolute atomic E-state index is 13.9. The fourth-order valence-electron chi connectivity index (χ4n) is 6.09. The highest BCUT2D eigenvalue weighted by molar-refractivity contribution is 6.38. The lowest BCUT2D eigenvalue weighted by atomic mass is 9.58. The van der Waals surface area contributed by atoms with Crippen LogP contribution < -0.4 is 16.0 Å². The Labute approximate surface area is 223 Å². The van der Waals surface area contributed by atoms with E-state index in [4.69, 9.17) is 17.3 Å². The molecule has 0 saturated carbocycles. The highest BCUT2D eigenvalue weighted by Crippen LogP contribution is 2.55. The number of benzene rings is 1. The van der Waals surface area contributed by atoms with Crippen molar-refractivity contribution in [3.05, 3.63) is 38.8 Å². The highest BCUT2D eigenvalue weighted by Gasteiger charge is 2.63. The van der Waals surface area contributed by atoms with Crippen LogP contribution in [0.15, 0.2) is 22.7 Å². The van der Waals surface area contributed by atoms with Crippen molar-refractivity contribution in [2.24, 2.45) is 17.6 Å². The van der Waals surface area contributed by atoms with Gasteiger partial charge < -0.3 is 36.4 Å². The third-order valence-corrected chi connectivity index (χ3v) is 7.92. The quantitative estimate of drug-likeness (QED) is 0.231. The van der Waals surface area contributed by atoms with E-state index in [9.17, 15) is 39.6 Å². The number of halogens is 1. The predicted molar refractivity (Wildman–Crippen MR) is 137 cm³/mol. The van der Waals surface area contributed by atoms with Gasteiger partial charge in [-0.15, -0.1) is 0 Å². The molecule has 2 amide bonds. The second kappa shape index (κ2) is 9.00. The van der Waals surface area contributed by atoms with Crippen LogP contribution in [0, 0.1) is 11.8 Å². The van der Waals surface area contributed by atoms with E-state index in [1.54, 1.807) is 33.1 Å². The SMILES string of the molecule is CC(=O)Nc1c(O)c2c(c(N(C)C)c1Cl)C[C@H]1C[C@H]3[C@H](N(C)C)C(O)=C(C(N)=O)C(=O)[C@@]3(O)C(O)=C1C2=O. The van der Waals surface area contributed by atoms with Crippen molar-refractivity contribution in [2.45, 2.75) is 31.4 Å². The summed E-state index contributed by atoms with van der Waals surface area (Å²) in [4.78, 5) is 54.2. The Bertz CT molecular complexity index is 1380. The van der Waals surface area contributed by atoms with Crippen molar-refractivity contribution in [3.8, 4) is 5.75 Å². The van der Waals surface area contributed by atoms with Gasteiger partial charge in [0.15, 0.2) is 17.1 Å². The lowest BCUT2D eigenvalue weighted by molar-refractivity contribution is -0.148. The number of nitrogens with one attached hydrogen (secondary N) is 1. The van der Waals surface area contributed by atoms with Crippen molar-refractivity contribution in [3.63, 3.8) is 0 Å². The Kier molecular flexibility index (Phi) is 6.49. The number of carbonyl (C=O) groups is 4. The molecule has 204 valence electrons. The lowest BCUT2D eigenvalue weighted by Crippen LogP contribution is -2.63. The van der Waals surface area contributed by atoms with E-state index in [-0.39, 0.29) is 34.7 Å². The van der Waals surface area contributed by atoms with Gasteiger partial charge in [0.2, 0.25) is 11.7 Å². The van der Waals surface area contributed by atoms with Gasteiger partial charge in [0.25, 0.3) is 5.91 Å². The van der Waals surface area contributed by atoms with Crippen LogP contribution in [0.25, 0.3) is 0 Å². The summed E-state index contributed by atoms with van der Waals surface area (Å²) in [5.41, 5.74) is 1.68. The number of aliphatic hydroxyl groups excluding tert-OH is 2. The van der Waals surface area contributed by atoms with Crippen LogP contribution in [0.1, 0.15) is 29.3 Å². The third-order valence-electron chi connectivity index (χ3n) is 7.55. The van der Waals surface area contributed by atoms with Crippen LogP contribution in [0.3, 0.4) is 0 Å². The zero-order valence-electron chi connectivity index (χ0n) is 21.4. The minimum absolute atomic E-state index is 0.00362. The number of likely N-dealkylation sites (N-methyl/N-ethyl adjacent to an activating group) is 1. The molecule has 0 spiro atoms.